The molecule has 4 aromatic carbocycles. The molecule has 0 unspecified atom stereocenters. The van der Waals surface area contributed by atoms with Gasteiger partial charge in [-0.2, -0.15) is 5.10 Å². The quantitative estimate of drug-likeness (QED) is 0.142. The lowest BCUT2D eigenvalue weighted by atomic mass is 10.2. The van der Waals surface area contributed by atoms with E-state index in [9.17, 15) is 13.2 Å². The molecule has 4 aromatic rings. The molecule has 0 heterocycles. The molecule has 0 spiro atoms. The van der Waals surface area contributed by atoms with Crippen LogP contribution in [0.1, 0.15) is 22.3 Å². The van der Waals surface area contributed by atoms with Gasteiger partial charge in [-0.3, -0.25) is 9.10 Å². The van der Waals surface area contributed by atoms with Crippen molar-refractivity contribution in [3.63, 3.8) is 0 Å². The highest BCUT2D eigenvalue weighted by atomic mass is 79.9. The van der Waals surface area contributed by atoms with E-state index < -0.39 is 22.5 Å². The van der Waals surface area contributed by atoms with Crippen molar-refractivity contribution < 1.29 is 22.7 Å². The topological polar surface area (TPSA) is 97.3 Å². The molecule has 0 saturated heterocycles. The van der Waals surface area contributed by atoms with Gasteiger partial charge in [0.2, 0.25) is 0 Å². The summed E-state index contributed by atoms with van der Waals surface area (Å²) in [5.41, 5.74) is 6.23. The number of nitrogens with one attached hydrogen (secondary N) is 1. The van der Waals surface area contributed by atoms with E-state index in [0.717, 1.165) is 15.4 Å². The number of aryl methyl sites for hydroxylation is 2. The highest BCUT2D eigenvalue weighted by Crippen LogP contribution is 2.37. The monoisotopic (exact) mass is 669 g/mol. The summed E-state index contributed by atoms with van der Waals surface area (Å²) >= 11 is 9.80. The first kappa shape index (κ1) is 31.1. The molecule has 0 bridgehead atoms. The fourth-order valence-electron chi connectivity index (χ4n) is 3.91. The van der Waals surface area contributed by atoms with Crippen LogP contribution in [0.15, 0.2) is 99.4 Å². The van der Waals surface area contributed by atoms with E-state index in [4.69, 9.17) is 21.1 Å². The summed E-state index contributed by atoms with van der Waals surface area (Å²) in [6, 6.07) is 24.2. The molecule has 11 heteroatoms. The van der Waals surface area contributed by atoms with E-state index in [0.29, 0.717) is 33.2 Å². The minimum Gasteiger partial charge on any atom is -0.493 e. The average Bonchev–Trinajstić information content (AvgIpc) is 2.98. The molecule has 0 aliphatic heterocycles. The van der Waals surface area contributed by atoms with Crippen LogP contribution < -0.4 is 19.2 Å². The number of sulfonamides is 1. The number of hydrogen-bond acceptors (Lipinski definition) is 6. The third-order valence-electron chi connectivity index (χ3n) is 6.22. The van der Waals surface area contributed by atoms with Crippen LogP contribution in [0.2, 0.25) is 5.02 Å². The number of carbonyl (C=O) groups is 1. The molecule has 0 saturated carbocycles. The minimum absolute atomic E-state index is 0.0413. The van der Waals surface area contributed by atoms with Gasteiger partial charge >= 0.3 is 0 Å². The molecule has 0 aliphatic rings. The van der Waals surface area contributed by atoms with Crippen molar-refractivity contribution >= 4 is 55.4 Å². The lowest BCUT2D eigenvalue weighted by molar-refractivity contribution is -0.119. The van der Waals surface area contributed by atoms with Crippen LogP contribution >= 0.6 is 27.5 Å². The number of carbonyl (C=O) groups excluding carboxylic acids is 1. The summed E-state index contributed by atoms with van der Waals surface area (Å²) < 4.78 is 40.1. The van der Waals surface area contributed by atoms with Crippen LogP contribution in [0, 0.1) is 13.8 Å². The number of halogens is 2. The molecule has 0 aliphatic carbocycles. The Morgan fingerprint density at radius 3 is 2.40 bits per heavy atom. The molecule has 4 rings (SSSR count). The number of hydrogen-bond donors (Lipinski definition) is 1. The van der Waals surface area contributed by atoms with Gasteiger partial charge in [0.1, 0.15) is 13.2 Å². The summed E-state index contributed by atoms with van der Waals surface area (Å²) in [6.45, 7) is 3.66. The summed E-state index contributed by atoms with van der Waals surface area (Å²) in [4.78, 5) is 13.0. The van der Waals surface area contributed by atoms with Gasteiger partial charge in [-0.25, -0.2) is 13.8 Å². The van der Waals surface area contributed by atoms with Crippen LogP contribution in [0.4, 0.5) is 5.69 Å². The number of anilines is 1. The van der Waals surface area contributed by atoms with E-state index >= 15 is 0 Å². The summed E-state index contributed by atoms with van der Waals surface area (Å²) in [6.07, 6.45) is 1.42. The molecule has 8 nitrogen and oxygen atoms in total. The van der Waals surface area contributed by atoms with Crippen molar-refractivity contribution in [3.8, 4) is 11.5 Å². The van der Waals surface area contributed by atoms with Crippen LogP contribution in [-0.4, -0.2) is 34.2 Å². The number of ether oxygens (including phenoxy) is 2. The van der Waals surface area contributed by atoms with Gasteiger partial charge in [0.05, 0.1) is 28.4 Å². The van der Waals surface area contributed by atoms with Gasteiger partial charge in [0.25, 0.3) is 15.9 Å². The predicted octanol–water partition coefficient (Wildman–Crippen LogP) is 6.65. The van der Waals surface area contributed by atoms with Gasteiger partial charge in [0, 0.05) is 5.02 Å². The van der Waals surface area contributed by atoms with Crippen molar-refractivity contribution in [1.29, 1.82) is 0 Å². The zero-order valence-electron chi connectivity index (χ0n) is 23.2. The Balaban J connectivity index is 1.49. The third-order valence-corrected chi connectivity index (χ3v) is 9.00. The highest BCUT2D eigenvalue weighted by Gasteiger charge is 2.27. The van der Waals surface area contributed by atoms with E-state index in [1.165, 1.54) is 37.1 Å². The highest BCUT2D eigenvalue weighted by molar-refractivity contribution is 9.10. The Morgan fingerprint density at radius 2 is 1.74 bits per heavy atom. The number of amides is 1. The van der Waals surface area contributed by atoms with Crippen molar-refractivity contribution in [3.05, 3.63) is 117 Å². The van der Waals surface area contributed by atoms with Gasteiger partial charge in [-0.15, -0.1) is 0 Å². The molecule has 0 radical (unpaired) electrons. The minimum atomic E-state index is -4.08. The Bertz CT molecular complexity index is 1700. The summed E-state index contributed by atoms with van der Waals surface area (Å²) in [5, 5.41) is 4.41. The third kappa shape index (κ3) is 7.70. The second kappa shape index (κ2) is 13.9. The molecule has 1 amide bonds. The zero-order valence-corrected chi connectivity index (χ0v) is 26.3. The average molecular weight is 671 g/mol. The van der Waals surface area contributed by atoms with E-state index in [2.05, 4.69) is 26.5 Å². The van der Waals surface area contributed by atoms with Crippen molar-refractivity contribution in [2.45, 2.75) is 25.3 Å². The normalized spacial score (nSPS) is 11.4. The maximum Gasteiger partial charge on any atom is 0.264 e. The zero-order chi connectivity index (χ0) is 30.3. The maximum absolute atomic E-state index is 13.5. The molecule has 0 fully saturated rings. The Morgan fingerprint density at radius 1 is 1.02 bits per heavy atom. The van der Waals surface area contributed by atoms with Crippen LogP contribution in [-0.2, 0) is 21.4 Å². The van der Waals surface area contributed by atoms with Crippen LogP contribution in [0.25, 0.3) is 0 Å². The molecule has 0 aromatic heterocycles. The first-order valence-electron chi connectivity index (χ1n) is 12.8. The first-order valence-corrected chi connectivity index (χ1v) is 15.4. The van der Waals surface area contributed by atoms with Gasteiger partial charge < -0.3 is 9.47 Å². The predicted molar refractivity (Wildman–Crippen MR) is 169 cm³/mol. The number of rotatable bonds is 11. The molecule has 218 valence electrons. The fraction of sp³-hybridized carbons (Fsp3) is 0.161. The van der Waals surface area contributed by atoms with Crippen molar-refractivity contribution in [1.82, 2.24) is 5.43 Å². The van der Waals surface area contributed by atoms with E-state index in [1.54, 1.807) is 49.4 Å². The lowest BCUT2D eigenvalue weighted by Gasteiger charge is -2.24. The Hall–Kier alpha value is -3.86. The molecule has 1 N–H and O–H groups in total. The number of nitrogens with zero attached hydrogens (tertiary/aromatic N) is 2. The first-order chi connectivity index (χ1) is 20.1. The van der Waals surface area contributed by atoms with E-state index in [-0.39, 0.29) is 10.6 Å². The maximum atomic E-state index is 13.5. The van der Waals surface area contributed by atoms with Crippen LogP contribution in [0.5, 0.6) is 11.5 Å². The standard InChI is InChI=1S/C31H29BrClN3O5S/c1-21-9-12-23(13-10-21)20-41-31-27(32)15-24(16-29(31)40-3)18-34-35-30(37)19-36(25-14-11-22(2)28(33)17-25)42(38,39)26-7-5-4-6-8-26/h4-18H,19-20H2,1-3H3,(H,35,37)/b34-18-. The molecular formula is C31H29BrClN3O5S. The molecule has 42 heavy (non-hydrogen) atoms. The Kier molecular flexibility index (Phi) is 10.3. The van der Waals surface area contributed by atoms with Crippen molar-refractivity contribution in [2.24, 2.45) is 5.10 Å². The lowest BCUT2D eigenvalue weighted by Crippen LogP contribution is -2.39. The van der Waals surface area contributed by atoms with E-state index in [1.807, 2.05) is 31.2 Å². The summed E-state index contributed by atoms with van der Waals surface area (Å²) in [5.74, 6) is 0.352. The Labute approximate surface area is 259 Å². The number of methoxy groups -OCH3 is 1. The SMILES string of the molecule is COc1cc(/C=N\NC(=O)CN(c2ccc(C)c(Cl)c2)S(=O)(=O)c2ccccc2)cc(Br)c1OCc1ccc(C)cc1. The van der Waals surface area contributed by atoms with Gasteiger partial charge in [-0.05, 0) is 82.9 Å². The van der Waals surface area contributed by atoms with Crippen LogP contribution in [0.3, 0.4) is 0 Å². The second-order valence-electron chi connectivity index (χ2n) is 9.36. The molecular weight excluding hydrogens is 642 g/mol. The number of hydrazone groups is 1. The van der Waals surface area contributed by atoms with Gasteiger partial charge in [-0.1, -0.05) is 65.7 Å². The largest absolute Gasteiger partial charge is 0.493 e. The molecule has 0 atom stereocenters. The summed E-state index contributed by atoms with van der Waals surface area (Å²) in [7, 11) is -2.55. The van der Waals surface area contributed by atoms with Gasteiger partial charge in [0.15, 0.2) is 11.5 Å². The number of benzene rings is 4. The van der Waals surface area contributed by atoms with Crippen molar-refractivity contribution in [2.75, 3.05) is 18.0 Å². The fourth-order valence-corrected chi connectivity index (χ4v) is 6.09. The second-order valence-corrected chi connectivity index (χ2v) is 12.5. The smallest absolute Gasteiger partial charge is 0.264 e.